The molecule has 0 bridgehead atoms. The van der Waals surface area contributed by atoms with Gasteiger partial charge in [-0.3, -0.25) is 9.56 Å². The number of fused-ring (bicyclic) bond motifs is 1. The monoisotopic (exact) mass is 364 g/mol. The maximum absolute atomic E-state index is 12.3. The predicted molar refractivity (Wildman–Crippen MR) is 102 cm³/mol. The number of likely N-dealkylation sites (N-methyl/N-ethyl adjacent to an activating group) is 1. The van der Waals surface area contributed by atoms with E-state index in [-0.39, 0.29) is 5.69 Å². The zero-order valence-corrected chi connectivity index (χ0v) is 16.1. The van der Waals surface area contributed by atoms with Crippen molar-refractivity contribution in [2.75, 3.05) is 40.4 Å². The summed E-state index contributed by atoms with van der Waals surface area (Å²) >= 11 is 0. The molecule has 0 radical (unpaired) electrons. The van der Waals surface area contributed by atoms with Gasteiger partial charge < -0.3 is 15.0 Å². The second kappa shape index (κ2) is 9.21. The second-order valence-electron chi connectivity index (χ2n) is 7.30. The fourth-order valence-corrected chi connectivity index (χ4v) is 3.25. The summed E-state index contributed by atoms with van der Waals surface area (Å²) in [4.78, 5) is 18.7. The van der Waals surface area contributed by atoms with Gasteiger partial charge in [-0.05, 0) is 38.0 Å². The Morgan fingerprint density at radius 2 is 2.27 bits per heavy atom. The summed E-state index contributed by atoms with van der Waals surface area (Å²) in [7, 11) is 3.81. The van der Waals surface area contributed by atoms with Gasteiger partial charge in [0.05, 0.1) is 6.61 Å². The average molecular weight is 364 g/mol. The van der Waals surface area contributed by atoms with Crippen LogP contribution in [0.15, 0.2) is 9.79 Å². The van der Waals surface area contributed by atoms with Crippen LogP contribution in [0.3, 0.4) is 0 Å². The van der Waals surface area contributed by atoms with Crippen LogP contribution in [0.2, 0.25) is 0 Å². The number of rotatable bonds is 9. The molecule has 1 fully saturated rings. The van der Waals surface area contributed by atoms with E-state index in [1.54, 1.807) is 11.7 Å². The first-order chi connectivity index (χ1) is 12.7. The molecule has 146 valence electrons. The summed E-state index contributed by atoms with van der Waals surface area (Å²) in [5, 5.41) is 7.83. The Hall–Kier alpha value is -1.83. The Morgan fingerprint density at radius 1 is 1.42 bits per heavy atom. The normalized spacial score (nSPS) is 17.2. The van der Waals surface area contributed by atoms with E-state index in [2.05, 4.69) is 20.3 Å². The molecule has 1 saturated carbocycles. The molecule has 26 heavy (non-hydrogen) atoms. The lowest BCUT2D eigenvalue weighted by Gasteiger charge is -2.22. The molecule has 3 rings (SSSR count). The lowest BCUT2D eigenvalue weighted by molar-refractivity contribution is 0.115. The topological polar surface area (TPSA) is 76.7 Å². The second-order valence-corrected chi connectivity index (χ2v) is 7.30. The van der Waals surface area contributed by atoms with E-state index in [4.69, 9.17) is 4.74 Å². The lowest BCUT2D eigenvalue weighted by Crippen LogP contribution is -2.41. The summed E-state index contributed by atoms with van der Waals surface area (Å²) < 4.78 is 9.12. The minimum absolute atomic E-state index is 0.0361. The Labute approximate surface area is 155 Å². The maximum Gasteiger partial charge on any atom is 0.345 e. The number of hydrogen-bond donors (Lipinski definition) is 1. The highest BCUT2D eigenvalue weighted by atomic mass is 16.5. The molecule has 0 amide bonds. The number of aryl methyl sites for hydroxylation is 2. The zero-order chi connectivity index (χ0) is 18.4. The Bertz CT molecular complexity index is 661. The van der Waals surface area contributed by atoms with E-state index in [0.29, 0.717) is 6.54 Å². The van der Waals surface area contributed by atoms with Gasteiger partial charge in [-0.1, -0.05) is 0 Å². The minimum atomic E-state index is 0.0361. The van der Waals surface area contributed by atoms with Crippen LogP contribution in [-0.4, -0.2) is 65.6 Å². The summed E-state index contributed by atoms with van der Waals surface area (Å²) in [6, 6.07) is 0. The van der Waals surface area contributed by atoms with Gasteiger partial charge in [0.1, 0.15) is 5.82 Å². The van der Waals surface area contributed by atoms with Crippen molar-refractivity contribution in [2.45, 2.75) is 51.6 Å². The van der Waals surface area contributed by atoms with Crippen molar-refractivity contribution in [3.8, 4) is 0 Å². The van der Waals surface area contributed by atoms with Crippen molar-refractivity contribution in [3.63, 3.8) is 0 Å². The first-order valence-electron chi connectivity index (χ1n) is 9.85. The highest BCUT2D eigenvalue weighted by molar-refractivity contribution is 5.79. The van der Waals surface area contributed by atoms with Crippen LogP contribution in [0.25, 0.3) is 0 Å². The van der Waals surface area contributed by atoms with Gasteiger partial charge in [-0.2, -0.15) is 5.10 Å². The van der Waals surface area contributed by atoms with Crippen LogP contribution >= 0.6 is 0 Å². The molecule has 1 aromatic heterocycles. The van der Waals surface area contributed by atoms with E-state index in [1.807, 2.05) is 11.6 Å². The summed E-state index contributed by atoms with van der Waals surface area (Å²) in [5.74, 6) is 2.60. The number of ether oxygens (including phenoxy) is 1. The van der Waals surface area contributed by atoms with Crippen LogP contribution in [0.5, 0.6) is 0 Å². The van der Waals surface area contributed by atoms with Gasteiger partial charge in [0.15, 0.2) is 5.96 Å². The SMILES string of the molecule is CN=C(NCCCn1nc2n(c1=O)CCCC2)N(C)CCOCC1CC1. The molecule has 2 heterocycles. The van der Waals surface area contributed by atoms with Crippen molar-refractivity contribution < 1.29 is 4.74 Å². The first-order valence-corrected chi connectivity index (χ1v) is 9.85. The average Bonchev–Trinajstić information content (AvgIpc) is 3.43. The van der Waals surface area contributed by atoms with E-state index < -0.39 is 0 Å². The molecular weight excluding hydrogens is 332 g/mol. The smallest absolute Gasteiger partial charge is 0.345 e. The molecule has 8 heteroatoms. The molecule has 8 nitrogen and oxygen atoms in total. The summed E-state index contributed by atoms with van der Waals surface area (Å²) in [5.41, 5.74) is 0.0361. The number of nitrogens with zero attached hydrogens (tertiary/aromatic N) is 5. The van der Waals surface area contributed by atoms with E-state index in [9.17, 15) is 4.79 Å². The standard InChI is InChI=1S/C18H32N6O2/c1-19-17(22(2)12-13-26-14-15-7-8-15)20-9-5-11-24-18(25)23-10-4-3-6-16(23)21-24/h15H,3-14H2,1-2H3,(H,19,20). The third-order valence-corrected chi connectivity index (χ3v) is 5.06. The van der Waals surface area contributed by atoms with Gasteiger partial charge in [0.25, 0.3) is 0 Å². The molecule has 1 aliphatic carbocycles. The van der Waals surface area contributed by atoms with E-state index >= 15 is 0 Å². The van der Waals surface area contributed by atoms with Crippen LogP contribution in [-0.2, 0) is 24.2 Å². The number of aliphatic imine (C=N–C) groups is 1. The van der Waals surface area contributed by atoms with Crippen molar-refractivity contribution in [1.82, 2.24) is 24.6 Å². The fourth-order valence-electron chi connectivity index (χ4n) is 3.25. The molecule has 0 spiro atoms. The van der Waals surface area contributed by atoms with Crippen molar-refractivity contribution >= 4 is 5.96 Å². The lowest BCUT2D eigenvalue weighted by atomic mass is 10.2. The fraction of sp³-hybridized carbons (Fsp3) is 0.833. The zero-order valence-electron chi connectivity index (χ0n) is 16.1. The molecule has 2 aliphatic rings. The van der Waals surface area contributed by atoms with E-state index in [1.165, 1.54) is 12.8 Å². The molecule has 1 aliphatic heterocycles. The number of aromatic nitrogens is 3. The largest absolute Gasteiger partial charge is 0.379 e. The maximum atomic E-state index is 12.3. The first kappa shape index (κ1) is 18.9. The van der Waals surface area contributed by atoms with Gasteiger partial charge in [-0.25, -0.2) is 9.48 Å². The minimum Gasteiger partial charge on any atom is -0.379 e. The quantitative estimate of drug-likeness (QED) is 0.397. The highest BCUT2D eigenvalue weighted by Crippen LogP contribution is 2.28. The van der Waals surface area contributed by atoms with Crippen LogP contribution < -0.4 is 11.0 Å². The molecular formula is C18H32N6O2. The van der Waals surface area contributed by atoms with E-state index in [0.717, 1.165) is 76.2 Å². The molecule has 0 aromatic carbocycles. The van der Waals surface area contributed by atoms with Crippen molar-refractivity contribution in [1.29, 1.82) is 0 Å². The van der Waals surface area contributed by atoms with Crippen LogP contribution in [0.4, 0.5) is 0 Å². The van der Waals surface area contributed by atoms with Gasteiger partial charge >= 0.3 is 5.69 Å². The molecule has 1 N–H and O–H groups in total. The summed E-state index contributed by atoms with van der Waals surface area (Å²) in [6.07, 6.45) is 6.60. The van der Waals surface area contributed by atoms with Gasteiger partial charge in [-0.15, -0.1) is 0 Å². The molecule has 0 atom stereocenters. The van der Waals surface area contributed by atoms with Crippen molar-refractivity contribution in [2.24, 2.45) is 10.9 Å². The Balaban J connectivity index is 1.36. The summed E-state index contributed by atoms with van der Waals surface area (Å²) in [6.45, 7) is 4.64. The Morgan fingerprint density at radius 3 is 3.00 bits per heavy atom. The molecule has 1 aromatic rings. The van der Waals surface area contributed by atoms with Crippen LogP contribution in [0, 0.1) is 5.92 Å². The molecule has 0 saturated heterocycles. The number of hydrogen-bond acceptors (Lipinski definition) is 4. The molecule has 0 unspecified atom stereocenters. The highest BCUT2D eigenvalue weighted by Gasteiger charge is 2.21. The predicted octanol–water partition coefficient (Wildman–Crippen LogP) is 0.705. The van der Waals surface area contributed by atoms with Crippen LogP contribution in [0.1, 0.15) is 37.9 Å². The van der Waals surface area contributed by atoms with Gasteiger partial charge in [0, 0.05) is 53.3 Å². The number of nitrogens with one attached hydrogen (secondary N) is 1. The van der Waals surface area contributed by atoms with Crippen molar-refractivity contribution in [3.05, 3.63) is 16.3 Å². The number of guanidine groups is 1. The third-order valence-electron chi connectivity index (χ3n) is 5.06. The Kier molecular flexibility index (Phi) is 6.71. The third kappa shape index (κ3) is 5.09. The van der Waals surface area contributed by atoms with Gasteiger partial charge in [0.2, 0.25) is 0 Å².